The Kier molecular flexibility index (Phi) is 3.53. The highest BCUT2D eigenvalue weighted by atomic mass is 16.7. The highest BCUT2D eigenvalue weighted by Crippen LogP contribution is 2.33. The quantitative estimate of drug-likeness (QED) is 0.515. The molecule has 0 amide bonds. The van der Waals surface area contributed by atoms with E-state index in [-0.39, 0.29) is 12.4 Å². The van der Waals surface area contributed by atoms with Gasteiger partial charge in [-0.2, -0.15) is 0 Å². The van der Waals surface area contributed by atoms with Crippen molar-refractivity contribution in [2.75, 3.05) is 6.61 Å². The van der Waals surface area contributed by atoms with Crippen molar-refractivity contribution in [3.63, 3.8) is 0 Å². The Morgan fingerprint density at radius 1 is 1.19 bits per heavy atom. The average molecular weight is 232 g/mol. The molecule has 16 heavy (non-hydrogen) atoms. The van der Waals surface area contributed by atoms with Crippen LogP contribution >= 0.6 is 0 Å². The molecule has 2 saturated heterocycles. The van der Waals surface area contributed by atoms with E-state index in [1.807, 2.05) is 13.8 Å². The van der Waals surface area contributed by atoms with Crippen LogP contribution in [0.2, 0.25) is 5.82 Å². The molecule has 0 spiro atoms. The zero-order valence-corrected chi connectivity index (χ0v) is 9.31. The fourth-order valence-electron chi connectivity index (χ4n) is 2.03. The van der Waals surface area contributed by atoms with Crippen LogP contribution in [0, 0.1) is 0 Å². The molecule has 92 valence electrons. The molecule has 2 fully saturated rings. The predicted molar refractivity (Wildman–Crippen MR) is 54.6 cm³/mol. The number of rotatable bonds is 2. The molecule has 2 heterocycles. The van der Waals surface area contributed by atoms with Crippen LogP contribution in [0.4, 0.5) is 0 Å². The maximum atomic E-state index is 9.70. The highest BCUT2D eigenvalue weighted by molar-refractivity contribution is 6.46. The molecule has 0 bridgehead atoms. The Hall–Kier alpha value is -0.175. The first-order valence-electron chi connectivity index (χ1n) is 5.48. The van der Waals surface area contributed by atoms with Crippen molar-refractivity contribution in [2.45, 2.75) is 50.4 Å². The maximum Gasteiger partial charge on any atom is 0.460 e. The van der Waals surface area contributed by atoms with Gasteiger partial charge >= 0.3 is 7.12 Å². The zero-order chi connectivity index (χ0) is 11.9. The van der Waals surface area contributed by atoms with Gasteiger partial charge in [0.05, 0.1) is 12.7 Å². The summed E-state index contributed by atoms with van der Waals surface area (Å²) in [6.07, 6.45) is -4.32. The summed E-state index contributed by atoms with van der Waals surface area (Å²) < 4.78 is 16.1. The fraction of sp³-hybridized carbons (Fsp3) is 1.00. The van der Waals surface area contributed by atoms with Gasteiger partial charge in [0.25, 0.3) is 0 Å². The fourth-order valence-corrected chi connectivity index (χ4v) is 2.03. The topological polar surface area (TPSA) is 88.4 Å². The van der Waals surface area contributed by atoms with E-state index in [9.17, 15) is 10.2 Å². The molecule has 3 N–H and O–H groups in total. The molecule has 2 rings (SSSR count). The zero-order valence-electron chi connectivity index (χ0n) is 9.31. The van der Waals surface area contributed by atoms with Crippen molar-refractivity contribution in [1.82, 2.24) is 0 Å². The van der Waals surface area contributed by atoms with Gasteiger partial charge in [0, 0.05) is 0 Å². The number of hydrogen-bond donors (Lipinski definition) is 3. The number of fused-ring (bicyclic) bond motifs is 1. The van der Waals surface area contributed by atoms with Crippen LogP contribution in [0.25, 0.3) is 0 Å². The van der Waals surface area contributed by atoms with Crippen LogP contribution in [-0.2, 0) is 14.0 Å². The number of hydrogen-bond acceptors (Lipinski definition) is 6. The molecule has 2 aliphatic heterocycles. The van der Waals surface area contributed by atoms with Gasteiger partial charge in [0.2, 0.25) is 0 Å². The second-order valence-electron chi connectivity index (χ2n) is 4.55. The molecule has 0 aromatic carbocycles. The molecular weight excluding hydrogens is 215 g/mol. The van der Waals surface area contributed by atoms with E-state index in [4.69, 9.17) is 19.2 Å². The van der Waals surface area contributed by atoms with E-state index in [1.54, 1.807) is 0 Å². The summed E-state index contributed by atoms with van der Waals surface area (Å²) in [5, 5.41) is 28.2. The van der Waals surface area contributed by atoms with Gasteiger partial charge in [-0.3, -0.25) is 0 Å². The Morgan fingerprint density at radius 2 is 1.81 bits per heavy atom. The molecule has 0 aromatic heterocycles. The van der Waals surface area contributed by atoms with Crippen LogP contribution < -0.4 is 0 Å². The molecule has 5 atom stereocenters. The monoisotopic (exact) mass is 232 g/mol. The standard InChI is InChI=1S/C9H17BO6/c1-4(2)10-15-7-5(3-11)14-9(13)6(12)8(7)16-10/h4-9,11-13H,3H2,1-2H3/t5?,6?,7-,8-,9?/m0/s1. The molecule has 0 aromatic rings. The van der Waals surface area contributed by atoms with Gasteiger partial charge in [-0.1, -0.05) is 13.8 Å². The molecule has 3 unspecified atom stereocenters. The molecule has 2 aliphatic rings. The second-order valence-corrected chi connectivity index (χ2v) is 4.55. The third kappa shape index (κ3) is 1.99. The Labute approximate surface area is 94.3 Å². The van der Waals surface area contributed by atoms with Crippen LogP contribution in [0.5, 0.6) is 0 Å². The predicted octanol–water partition coefficient (Wildman–Crippen LogP) is -1.26. The van der Waals surface area contributed by atoms with Crippen LogP contribution in [0.3, 0.4) is 0 Å². The summed E-state index contributed by atoms with van der Waals surface area (Å²) >= 11 is 0. The summed E-state index contributed by atoms with van der Waals surface area (Å²) in [6, 6.07) is 0. The van der Waals surface area contributed by atoms with Crippen molar-refractivity contribution >= 4 is 7.12 Å². The largest absolute Gasteiger partial charge is 0.460 e. The lowest BCUT2D eigenvalue weighted by Crippen LogP contribution is -2.57. The average Bonchev–Trinajstić information content (AvgIpc) is 2.68. The Balaban J connectivity index is 2.12. The lowest BCUT2D eigenvalue weighted by molar-refractivity contribution is -0.264. The van der Waals surface area contributed by atoms with Crippen LogP contribution in [0.1, 0.15) is 13.8 Å². The minimum absolute atomic E-state index is 0.134. The lowest BCUT2D eigenvalue weighted by Gasteiger charge is -2.37. The SMILES string of the molecule is CC(C)B1O[C@H]2C(CO)OC(O)C(O)[C@@H]2O1. The third-order valence-electron chi connectivity index (χ3n) is 2.94. The minimum atomic E-state index is -1.34. The van der Waals surface area contributed by atoms with Crippen LogP contribution in [-0.4, -0.2) is 59.8 Å². The van der Waals surface area contributed by atoms with Crippen molar-refractivity contribution in [3.8, 4) is 0 Å². The first kappa shape index (κ1) is 12.3. The lowest BCUT2D eigenvalue weighted by atomic mass is 9.75. The molecule has 0 aliphatic carbocycles. The normalized spacial score (nSPS) is 43.9. The van der Waals surface area contributed by atoms with E-state index in [1.165, 1.54) is 0 Å². The highest BCUT2D eigenvalue weighted by Gasteiger charge is 2.53. The second kappa shape index (κ2) is 4.60. The van der Waals surface area contributed by atoms with Gasteiger partial charge in [-0.25, -0.2) is 0 Å². The molecule has 0 radical (unpaired) electrons. The first-order valence-corrected chi connectivity index (χ1v) is 5.48. The third-order valence-corrected chi connectivity index (χ3v) is 2.94. The number of aliphatic hydroxyl groups is 3. The van der Waals surface area contributed by atoms with E-state index >= 15 is 0 Å². The summed E-state index contributed by atoms with van der Waals surface area (Å²) in [6.45, 7) is 3.58. The van der Waals surface area contributed by atoms with Crippen molar-refractivity contribution < 1.29 is 29.4 Å². The number of aliphatic hydroxyl groups excluding tert-OH is 3. The van der Waals surface area contributed by atoms with Gasteiger partial charge in [0.1, 0.15) is 18.3 Å². The van der Waals surface area contributed by atoms with Gasteiger partial charge in [-0.15, -0.1) is 0 Å². The van der Waals surface area contributed by atoms with Gasteiger partial charge in [0.15, 0.2) is 6.29 Å². The van der Waals surface area contributed by atoms with E-state index in [0.29, 0.717) is 0 Å². The van der Waals surface area contributed by atoms with E-state index in [0.717, 1.165) is 0 Å². The maximum absolute atomic E-state index is 9.70. The summed E-state index contributed by atoms with van der Waals surface area (Å²) in [7, 11) is -0.437. The van der Waals surface area contributed by atoms with Gasteiger partial charge in [-0.05, 0) is 5.82 Å². The smallest absolute Gasteiger partial charge is 0.403 e. The Morgan fingerprint density at radius 3 is 2.38 bits per heavy atom. The Bertz CT molecular complexity index is 244. The van der Waals surface area contributed by atoms with E-state index in [2.05, 4.69) is 0 Å². The van der Waals surface area contributed by atoms with Crippen molar-refractivity contribution in [1.29, 1.82) is 0 Å². The summed E-state index contributed by atoms with van der Waals surface area (Å²) in [5.41, 5.74) is 0. The molecule has 7 heteroatoms. The van der Waals surface area contributed by atoms with Crippen molar-refractivity contribution in [3.05, 3.63) is 0 Å². The minimum Gasteiger partial charge on any atom is -0.403 e. The van der Waals surface area contributed by atoms with Gasteiger partial charge < -0.3 is 29.4 Å². The van der Waals surface area contributed by atoms with Crippen LogP contribution in [0.15, 0.2) is 0 Å². The number of ether oxygens (including phenoxy) is 1. The molecule has 0 saturated carbocycles. The van der Waals surface area contributed by atoms with Crippen molar-refractivity contribution in [2.24, 2.45) is 0 Å². The molecular formula is C9H17BO6. The summed E-state index contributed by atoms with van der Waals surface area (Å²) in [5.74, 6) is 0.134. The first-order chi connectivity index (χ1) is 7.54. The van der Waals surface area contributed by atoms with E-state index < -0.39 is 37.8 Å². The summed E-state index contributed by atoms with van der Waals surface area (Å²) in [4.78, 5) is 0. The molecule has 6 nitrogen and oxygen atoms in total.